The minimum absolute atomic E-state index is 0.0947. The summed E-state index contributed by atoms with van der Waals surface area (Å²) in [6.07, 6.45) is 7.21. The van der Waals surface area contributed by atoms with E-state index in [1.54, 1.807) is 12.1 Å². The molecule has 152 valence electrons. The first-order chi connectivity index (χ1) is 14.4. The number of carbonyl (C=O) groups excluding carboxylic acids is 2. The summed E-state index contributed by atoms with van der Waals surface area (Å²) in [5.74, 6) is -0.499. The van der Waals surface area contributed by atoms with Gasteiger partial charge in [-0.15, -0.1) is 0 Å². The molecule has 1 aliphatic heterocycles. The predicted molar refractivity (Wildman–Crippen MR) is 108 cm³/mol. The lowest BCUT2D eigenvalue weighted by Crippen LogP contribution is -2.38. The molecule has 0 radical (unpaired) electrons. The van der Waals surface area contributed by atoms with Crippen molar-refractivity contribution in [2.24, 2.45) is 28.8 Å². The zero-order chi connectivity index (χ0) is 21.0. The van der Waals surface area contributed by atoms with E-state index in [9.17, 15) is 19.7 Å². The normalized spacial score (nSPS) is 27.3. The van der Waals surface area contributed by atoms with E-state index < -0.39 is 4.92 Å². The molecule has 1 aromatic carbocycles. The summed E-state index contributed by atoms with van der Waals surface area (Å²) >= 11 is 5.85. The van der Waals surface area contributed by atoms with Crippen LogP contribution >= 0.6 is 11.6 Å². The number of hydrazone groups is 1. The molecule has 1 saturated heterocycles. The summed E-state index contributed by atoms with van der Waals surface area (Å²) in [7, 11) is 0. The second kappa shape index (κ2) is 6.91. The van der Waals surface area contributed by atoms with Gasteiger partial charge < -0.3 is 4.42 Å². The van der Waals surface area contributed by atoms with E-state index in [1.807, 2.05) is 12.2 Å². The van der Waals surface area contributed by atoms with Gasteiger partial charge in [0.05, 0.1) is 28.5 Å². The molecule has 4 aliphatic rings. The third kappa shape index (κ3) is 2.87. The van der Waals surface area contributed by atoms with Gasteiger partial charge in [0.2, 0.25) is 0 Å². The average Bonchev–Trinajstić information content (AvgIpc) is 3.31. The quantitative estimate of drug-likeness (QED) is 0.241. The minimum Gasteiger partial charge on any atom is -0.455 e. The van der Waals surface area contributed by atoms with Crippen molar-refractivity contribution in [1.29, 1.82) is 0 Å². The number of nitro benzene ring substituents is 1. The molecule has 2 heterocycles. The molecule has 30 heavy (non-hydrogen) atoms. The maximum Gasteiger partial charge on any atom is 0.281 e. The summed E-state index contributed by atoms with van der Waals surface area (Å²) in [4.78, 5) is 36.3. The van der Waals surface area contributed by atoms with Gasteiger partial charge in [-0.05, 0) is 48.9 Å². The summed E-state index contributed by atoms with van der Waals surface area (Å²) in [6, 6.07) is 7.42. The topological polar surface area (TPSA) is 106 Å². The van der Waals surface area contributed by atoms with Crippen LogP contribution in [0.15, 0.2) is 52.0 Å². The fraction of sp³-hybridized carbons (Fsp3) is 0.286. The molecule has 0 N–H and O–H groups in total. The third-order valence-electron chi connectivity index (χ3n) is 6.09. The zero-order valence-corrected chi connectivity index (χ0v) is 16.4. The number of benzene rings is 1. The average molecular weight is 426 g/mol. The molecule has 0 unspecified atom stereocenters. The SMILES string of the molecule is O=C1[C@H]2[C@H](C(=O)N1/N=C\c1ccc(-c3ccc(Cl)cc3[N+](=O)[O-])o1)[C@H]1C=C[C@H]2CC1. The standard InChI is InChI=1S/C21H16ClN3O5/c22-13-5-7-15(16(9-13)25(28)29)17-8-6-14(30-17)10-23-24-20(26)18-11-1-2-12(4-3-11)19(18)21(24)27/h1-2,5-12,18-19H,3-4H2/b23-10-/t11-,12-,18+,19+/m0/s1. The molecule has 2 fully saturated rings. The lowest BCUT2D eigenvalue weighted by Gasteiger charge is -2.37. The van der Waals surface area contributed by atoms with Crippen LogP contribution in [0.5, 0.6) is 0 Å². The van der Waals surface area contributed by atoms with E-state index in [0.29, 0.717) is 0 Å². The minimum atomic E-state index is -0.539. The highest BCUT2D eigenvalue weighted by Crippen LogP contribution is 2.49. The number of nitro groups is 1. The van der Waals surface area contributed by atoms with E-state index in [1.165, 1.54) is 24.4 Å². The van der Waals surface area contributed by atoms with Crippen molar-refractivity contribution in [3.63, 3.8) is 0 Å². The molecular formula is C21H16ClN3O5. The number of hydrogen-bond acceptors (Lipinski definition) is 6. The van der Waals surface area contributed by atoms with E-state index >= 15 is 0 Å². The van der Waals surface area contributed by atoms with E-state index in [-0.39, 0.29) is 63.3 Å². The Kier molecular flexibility index (Phi) is 4.32. The van der Waals surface area contributed by atoms with Crippen LogP contribution in [0.1, 0.15) is 18.6 Å². The number of allylic oxidation sites excluding steroid dienone is 2. The third-order valence-corrected chi connectivity index (χ3v) is 6.32. The van der Waals surface area contributed by atoms with Gasteiger partial charge in [-0.2, -0.15) is 10.1 Å². The molecular weight excluding hydrogens is 410 g/mol. The first kappa shape index (κ1) is 18.7. The summed E-state index contributed by atoms with van der Waals surface area (Å²) in [5.41, 5.74) is 0.0864. The largest absolute Gasteiger partial charge is 0.455 e. The van der Waals surface area contributed by atoms with Gasteiger partial charge in [0.1, 0.15) is 11.5 Å². The van der Waals surface area contributed by atoms with Gasteiger partial charge in [-0.3, -0.25) is 19.7 Å². The Balaban J connectivity index is 1.40. The highest BCUT2D eigenvalue weighted by Gasteiger charge is 2.56. The Morgan fingerprint density at radius 3 is 2.37 bits per heavy atom. The lowest BCUT2D eigenvalue weighted by atomic mass is 9.63. The number of carbonyl (C=O) groups is 2. The number of nitrogens with zero attached hydrogens (tertiary/aromatic N) is 3. The van der Waals surface area contributed by atoms with Crippen LogP contribution in [0.2, 0.25) is 5.02 Å². The van der Waals surface area contributed by atoms with Crippen LogP contribution in [0.3, 0.4) is 0 Å². The number of hydrogen-bond donors (Lipinski definition) is 0. The molecule has 2 amide bonds. The first-order valence-electron chi connectivity index (χ1n) is 9.58. The van der Waals surface area contributed by atoms with Gasteiger partial charge >= 0.3 is 0 Å². The first-order valence-corrected chi connectivity index (χ1v) is 9.96. The summed E-state index contributed by atoms with van der Waals surface area (Å²) < 4.78 is 5.65. The molecule has 9 heteroatoms. The van der Waals surface area contributed by atoms with Crippen LogP contribution < -0.4 is 0 Å². The second-order valence-electron chi connectivity index (χ2n) is 7.69. The van der Waals surface area contributed by atoms with Crippen molar-refractivity contribution in [2.45, 2.75) is 12.8 Å². The van der Waals surface area contributed by atoms with Crippen LogP contribution in [0.4, 0.5) is 5.69 Å². The van der Waals surface area contributed by atoms with E-state index in [0.717, 1.165) is 17.9 Å². The van der Waals surface area contributed by atoms with Crippen molar-refractivity contribution < 1.29 is 18.9 Å². The summed E-state index contributed by atoms with van der Waals surface area (Å²) in [6.45, 7) is 0. The van der Waals surface area contributed by atoms with E-state index in [4.69, 9.17) is 16.0 Å². The fourth-order valence-corrected chi connectivity index (χ4v) is 4.88. The fourth-order valence-electron chi connectivity index (χ4n) is 4.72. The second-order valence-corrected chi connectivity index (χ2v) is 8.13. The highest BCUT2D eigenvalue weighted by atomic mass is 35.5. The van der Waals surface area contributed by atoms with Crippen molar-refractivity contribution in [1.82, 2.24) is 5.01 Å². The molecule has 8 nitrogen and oxygen atoms in total. The highest BCUT2D eigenvalue weighted by molar-refractivity contribution is 6.30. The van der Waals surface area contributed by atoms with Gasteiger partial charge in [0, 0.05) is 11.1 Å². The van der Waals surface area contributed by atoms with Gasteiger partial charge in [0.25, 0.3) is 17.5 Å². The Hall–Kier alpha value is -3.26. The van der Waals surface area contributed by atoms with Gasteiger partial charge in [0.15, 0.2) is 0 Å². The summed E-state index contributed by atoms with van der Waals surface area (Å²) in [5, 5.41) is 16.6. The maximum absolute atomic E-state index is 12.8. The number of amides is 2. The number of furan rings is 1. The number of imide groups is 1. The van der Waals surface area contributed by atoms with Crippen LogP contribution in [0, 0.1) is 33.8 Å². The predicted octanol–water partition coefficient (Wildman–Crippen LogP) is 4.04. The van der Waals surface area contributed by atoms with E-state index in [2.05, 4.69) is 5.10 Å². The molecule has 2 aromatic rings. The molecule has 6 rings (SSSR count). The molecule has 1 saturated carbocycles. The molecule has 1 aromatic heterocycles. The number of halogens is 1. The Morgan fingerprint density at radius 2 is 1.77 bits per heavy atom. The number of rotatable bonds is 4. The molecule has 3 aliphatic carbocycles. The zero-order valence-electron chi connectivity index (χ0n) is 15.6. The van der Waals surface area contributed by atoms with Crippen LogP contribution in [-0.4, -0.2) is 28.0 Å². The van der Waals surface area contributed by atoms with Crippen molar-refractivity contribution in [2.75, 3.05) is 0 Å². The molecule has 0 spiro atoms. The molecule has 4 atom stereocenters. The number of fused-ring (bicyclic) bond motifs is 1. The monoisotopic (exact) mass is 425 g/mol. The Morgan fingerprint density at radius 1 is 1.10 bits per heavy atom. The smallest absolute Gasteiger partial charge is 0.281 e. The lowest BCUT2D eigenvalue weighted by molar-refractivity contribution is -0.384. The Bertz CT molecular complexity index is 1110. The maximum atomic E-state index is 12.8. The van der Waals surface area contributed by atoms with Crippen LogP contribution in [0.25, 0.3) is 11.3 Å². The van der Waals surface area contributed by atoms with Crippen molar-refractivity contribution in [3.8, 4) is 11.3 Å². The van der Waals surface area contributed by atoms with Gasteiger partial charge in [-0.25, -0.2) is 0 Å². The van der Waals surface area contributed by atoms with Crippen LogP contribution in [-0.2, 0) is 9.59 Å². The van der Waals surface area contributed by atoms with Crippen molar-refractivity contribution >= 4 is 35.3 Å². The molecule has 2 bridgehead atoms. The van der Waals surface area contributed by atoms with Gasteiger partial charge in [-0.1, -0.05) is 23.8 Å². The van der Waals surface area contributed by atoms with Crippen molar-refractivity contribution in [3.05, 3.63) is 63.4 Å². The Labute approximate surface area is 175 Å².